The number of hydrogen-bond donors (Lipinski definition) is 1. The zero-order chi connectivity index (χ0) is 30.2. The predicted octanol–water partition coefficient (Wildman–Crippen LogP) is 5.63. The molecular formula is C32H41N3O6S. The molecule has 2 aliphatic carbocycles. The number of aromatic nitrogens is 1. The van der Waals surface area contributed by atoms with E-state index in [9.17, 15) is 18.0 Å². The number of carbonyl (C=O) groups is 2. The van der Waals surface area contributed by atoms with E-state index in [4.69, 9.17) is 9.47 Å². The van der Waals surface area contributed by atoms with Gasteiger partial charge >= 0.3 is 16.2 Å². The van der Waals surface area contributed by atoms with Crippen LogP contribution < -0.4 is 9.46 Å². The molecule has 3 aromatic rings. The minimum Gasteiger partial charge on any atom is -0.497 e. The van der Waals surface area contributed by atoms with Gasteiger partial charge in [-0.15, -0.1) is 0 Å². The average molecular weight is 596 g/mol. The van der Waals surface area contributed by atoms with Gasteiger partial charge in [-0.05, 0) is 93.0 Å². The van der Waals surface area contributed by atoms with Crippen molar-refractivity contribution >= 4 is 33.0 Å². The minimum atomic E-state index is -4.02. The number of hydrogen-bond acceptors (Lipinski definition) is 6. The SMILES string of the molecule is COC(=O)C1(Cn2c(-c3ccc(OC)cc3)c(C3CCCCC3)c3ccc(C(=O)NS(=O)(=O)N(C)C(C)C)cc32)CC1. The molecule has 2 fully saturated rings. The summed E-state index contributed by atoms with van der Waals surface area (Å²) in [6.07, 6.45) is 7.07. The Labute approximate surface area is 248 Å². The van der Waals surface area contributed by atoms with Gasteiger partial charge in [-0.3, -0.25) is 9.59 Å². The van der Waals surface area contributed by atoms with Gasteiger partial charge in [0.2, 0.25) is 0 Å². The van der Waals surface area contributed by atoms with Crippen molar-refractivity contribution in [3.05, 3.63) is 53.6 Å². The number of fused-ring (bicyclic) bond motifs is 1. The van der Waals surface area contributed by atoms with Crippen LogP contribution in [-0.2, 0) is 26.3 Å². The first-order valence-corrected chi connectivity index (χ1v) is 16.1. The van der Waals surface area contributed by atoms with Gasteiger partial charge in [0.05, 0.1) is 25.3 Å². The second kappa shape index (κ2) is 11.7. The molecule has 2 aromatic carbocycles. The van der Waals surface area contributed by atoms with Crippen LogP contribution in [0.25, 0.3) is 22.2 Å². The summed E-state index contributed by atoms with van der Waals surface area (Å²) in [5.41, 5.74) is 3.66. The number of nitrogens with zero attached hydrogens (tertiary/aromatic N) is 2. The van der Waals surface area contributed by atoms with Gasteiger partial charge in [-0.1, -0.05) is 25.3 Å². The number of benzene rings is 2. The fourth-order valence-electron chi connectivity index (χ4n) is 6.17. The van der Waals surface area contributed by atoms with Gasteiger partial charge in [-0.2, -0.15) is 12.7 Å². The molecule has 2 saturated carbocycles. The van der Waals surface area contributed by atoms with Crippen molar-refractivity contribution in [1.82, 2.24) is 13.6 Å². The summed E-state index contributed by atoms with van der Waals surface area (Å²) in [7, 11) is 0.478. The van der Waals surface area contributed by atoms with Crippen LogP contribution in [0.4, 0.5) is 0 Å². The molecule has 0 aliphatic heterocycles. The Kier molecular flexibility index (Phi) is 8.40. The average Bonchev–Trinajstić information content (AvgIpc) is 3.72. The van der Waals surface area contributed by atoms with E-state index in [2.05, 4.69) is 9.29 Å². The fraction of sp³-hybridized carbons (Fsp3) is 0.500. The summed E-state index contributed by atoms with van der Waals surface area (Å²) in [4.78, 5) is 26.3. The number of amides is 1. The van der Waals surface area contributed by atoms with E-state index in [1.807, 2.05) is 30.3 Å². The Morgan fingerprint density at radius 1 is 1.05 bits per heavy atom. The molecule has 0 saturated heterocycles. The highest BCUT2D eigenvalue weighted by atomic mass is 32.2. The molecule has 226 valence electrons. The van der Waals surface area contributed by atoms with Crippen LogP contribution in [0.3, 0.4) is 0 Å². The second-order valence-corrected chi connectivity index (χ2v) is 13.7. The fourth-order valence-corrected chi connectivity index (χ4v) is 7.22. The Morgan fingerprint density at radius 2 is 1.71 bits per heavy atom. The molecule has 0 atom stereocenters. The molecule has 42 heavy (non-hydrogen) atoms. The summed E-state index contributed by atoms with van der Waals surface area (Å²) in [6.45, 7) is 3.89. The molecule has 10 heteroatoms. The lowest BCUT2D eigenvalue weighted by Crippen LogP contribution is -2.44. The molecule has 1 amide bonds. The molecule has 2 aliphatic rings. The van der Waals surface area contributed by atoms with Crippen LogP contribution in [0, 0.1) is 5.41 Å². The van der Waals surface area contributed by atoms with Crippen LogP contribution in [0.5, 0.6) is 5.75 Å². The Hall–Kier alpha value is -3.37. The molecule has 0 bridgehead atoms. The van der Waals surface area contributed by atoms with Crippen LogP contribution in [0.1, 0.15) is 80.6 Å². The molecule has 0 spiro atoms. The number of esters is 1. The summed E-state index contributed by atoms with van der Waals surface area (Å²) >= 11 is 0. The van der Waals surface area contributed by atoms with Crippen molar-refractivity contribution in [3.63, 3.8) is 0 Å². The van der Waals surface area contributed by atoms with Crippen molar-refractivity contribution in [3.8, 4) is 17.0 Å². The first-order valence-electron chi connectivity index (χ1n) is 14.7. The zero-order valence-electron chi connectivity index (χ0n) is 25.1. The maximum atomic E-state index is 13.3. The standard InChI is InChI=1S/C32H41N3O6S/c1-21(2)34(3)42(38,39)33-30(36)24-13-16-26-27(19-24)35(20-32(17-18-32)31(37)41-5)29(23-11-14-25(40-4)15-12-23)28(26)22-9-7-6-8-10-22/h11-16,19,21-22H,6-10,17-18,20H2,1-5H3,(H,33,36). The molecular weight excluding hydrogens is 554 g/mol. The van der Waals surface area contributed by atoms with E-state index in [0.717, 1.165) is 70.7 Å². The molecule has 1 aromatic heterocycles. The van der Waals surface area contributed by atoms with Gasteiger partial charge in [0.1, 0.15) is 5.75 Å². The normalized spacial score (nSPS) is 17.0. The van der Waals surface area contributed by atoms with E-state index in [1.165, 1.54) is 26.1 Å². The van der Waals surface area contributed by atoms with Crippen LogP contribution in [-0.4, -0.2) is 56.5 Å². The third kappa shape index (κ3) is 5.66. The summed E-state index contributed by atoms with van der Waals surface area (Å²) in [5.74, 6) is 0.144. The topological polar surface area (TPSA) is 107 Å². The molecule has 9 nitrogen and oxygen atoms in total. The van der Waals surface area contributed by atoms with E-state index in [0.29, 0.717) is 12.5 Å². The number of carbonyl (C=O) groups excluding carboxylic acids is 2. The lowest BCUT2D eigenvalue weighted by molar-refractivity contribution is -0.147. The highest BCUT2D eigenvalue weighted by Gasteiger charge is 2.52. The smallest absolute Gasteiger partial charge is 0.313 e. The van der Waals surface area contributed by atoms with E-state index < -0.39 is 21.5 Å². The van der Waals surface area contributed by atoms with Gasteiger partial charge in [0.15, 0.2) is 0 Å². The molecule has 1 N–H and O–H groups in total. The monoisotopic (exact) mass is 595 g/mol. The third-order valence-corrected chi connectivity index (χ3v) is 10.6. The maximum absolute atomic E-state index is 13.3. The Bertz CT molecular complexity index is 1580. The lowest BCUT2D eigenvalue weighted by Gasteiger charge is -2.24. The molecule has 0 unspecified atom stereocenters. The third-order valence-electron chi connectivity index (χ3n) is 9.00. The van der Waals surface area contributed by atoms with Crippen molar-refractivity contribution in [2.24, 2.45) is 5.41 Å². The number of ether oxygens (including phenoxy) is 2. The second-order valence-electron chi connectivity index (χ2n) is 12.0. The number of methoxy groups -OCH3 is 2. The molecule has 1 heterocycles. The predicted molar refractivity (Wildman–Crippen MR) is 163 cm³/mol. The largest absolute Gasteiger partial charge is 0.497 e. The highest BCUT2D eigenvalue weighted by Crippen LogP contribution is 2.51. The number of rotatable bonds is 10. The summed E-state index contributed by atoms with van der Waals surface area (Å²) in [5, 5.41) is 1.02. The van der Waals surface area contributed by atoms with Crippen molar-refractivity contribution in [2.75, 3.05) is 21.3 Å². The quantitative estimate of drug-likeness (QED) is 0.305. The number of nitrogens with one attached hydrogen (secondary N) is 1. The van der Waals surface area contributed by atoms with Crippen molar-refractivity contribution in [2.45, 2.75) is 77.3 Å². The van der Waals surface area contributed by atoms with Gasteiger partial charge in [0.25, 0.3) is 5.91 Å². The van der Waals surface area contributed by atoms with E-state index in [-0.39, 0.29) is 17.6 Å². The summed E-state index contributed by atoms with van der Waals surface area (Å²) in [6, 6.07) is 13.0. The Morgan fingerprint density at radius 3 is 2.29 bits per heavy atom. The Balaban J connectivity index is 1.70. The van der Waals surface area contributed by atoms with Gasteiger partial charge in [0, 0.05) is 36.1 Å². The first kappa shape index (κ1) is 30.1. The van der Waals surface area contributed by atoms with E-state index >= 15 is 0 Å². The lowest BCUT2D eigenvalue weighted by atomic mass is 9.81. The highest BCUT2D eigenvalue weighted by molar-refractivity contribution is 7.87. The van der Waals surface area contributed by atoms with Crippen LogP contribution >= 0.6 is 0 Å². The van der Waals surface area contributed by atoms with Crippen molar-refractivity contribution in [1.29, 1.82) is 0 Å². The molecule has 5 rings (SSSR count). The maximum Gasteiger partial charge on any atom is 0.313 e. The van der Waals surface area contributed by atoms with E-state index in [1.54, 1.807) is 33.1 Å². The summed E-state index contributed by atoms with van der Waals surface area (Å²) < 4.78 is 41.8. The first-order chi connectivity index (χ1) is 20.0. The molecule has 0 radical (unpaired) electrons. The van der Waals surface area contributed by atoms with Gasteiger partial charge < -0.3 is 14.0 Å². The minimum absolute atomic E-state index is 0.235. The van der Waals surface area contributed by atoms with Gasteiger partial charge in [-0.25, -0.2) is 4.72 Å². The van der Waals surface area contributed by atoms with Crippen molar-refractivity contribution < 1.29 is 27.5 Å². The van der Waals surface area contributed by atoms with Crippen LogP contribution in [0.2, 0.25) is 0 Å². The van der Waals surface area contributed by atoms with Crippen LogP contribution in [0.15, 0.2) is 42.5 Å². The zero-order valence-corrected chi connectivity index (χ0v) is 25.9.